The first-order chi connectivity index (χ1) is 7.78. The molecule has 17 heavy (non-hydrogen) atoms. The third-order valence-electron chi connectivity index (χ3n) is 3.74. The molecule has 0 aromatic carbocycles. The summed E-state index contributed by atoms with van der Waals surface area (Å²) >= 11 is 12.0. The molecule has 1 aliphatic carbocycles. The zero-order chi connectivity index (χ0) is 12.8. The van der Waals surface area contributed by atoms with Crippen LogP contribution in [0.2, 0.25) is 0 Å². The maximum absolute atomic E-state index is 12.2. The highest BCUT2D eigenvalue weighted by atomic mass is 35.5. The Morgan fingerprint density at radius 2 is 1.47 bits per heavy atom. The predicted octanol–water partition coefficient (Wildman–Crippen LogP) is 1.26. The molecule has 0 bridgehead atoms. The first-order valence-electron chi connectivity index (χ1n) is 5.71. The van der Waals surface area contributed by atoms with Crippen LogP contribution in [-0.4, -0.2) is 52.1 Å². The Labute approximate surface area is 111 Å². The van der Waals surface area contributed by atoms with Crippen LogP contribution in [0.5, 0.6) is 0 Å². The number of piperazine rings is 1. The van der Waals surface area contributed by atoms with E-state index in [1.807, 2.05) is 0 Å². The average molecular weight is 279 g/mol. The summed E-state index contributed by atoms with van der Waals surface area (Å²) < 4.78 is -0.915. The molecule has 1 aliphatic heterocycles. The lowest BCUT2D eigenvalue weighted by Gasteiger charge is -2.35. The van der Waals surface area contributed by atoms with Crippen LogP contribution in [0.25, 0.3) is 0 Å². The van der Waals surface area contributed by atoms with Gasteiger partial charge in [0.1, 0.15) is 4.33 Å². The maximum Gasteiger partial charge on any atom is 0.231 e. The Kier molecular flexibility index (Phi) is 3.07. The lowest BCUT2D eigenvalue weighted by atomic mass is 10.1. The molecule has 2 amide bonds. The van der Waals surface area contributed by atoms with Gasteiger partial charge in [-0.2, -0.15) is 0 Å². The summed E-state index contributed by atoms with van der Waals surface area (Å²) in [7, 11) is 0. The zero-order valence-corrected chi connectivity index (χ0v) is 11.5. The van der Waals surface area contributed by atoms with E-state index < -0.39 is 9.75 Å². The summed E-state index contributed by atoms with van der Waals surface area (Å²) in [5, 5.41) is 0. The van der Waals surface area contributed by atoms with Gasteiger partial charge >= 0.3 is 0 Å². The third-order valence-corrected chi connectivity index (χ3v) is 4.84. The summed E-state index contributed by atoms with van der Waals surface area (Å²) in [5.41, 5.74) is -0.644. The number of amides is 2. The highest BCUT2D eigenvalue weighted by Gasteiger charge is 2.68. The molecular formula is C11H16Cl2N2O2. The van der Waals surface area contributed by atoms with E-state index in [1.165, 1.54) is 0 Å². The number of carbonyl (C=O) groups is 2. The molecule has 0 unspecified atom stereocenters. The van der Waals surface area contributed by atoms with Crippen LogP contribution in [-0.2, 0) is 9.59 Å². The normalized spacial score (nSPS) is 31.3. The minimum atomic E-state index is -0.915. The van der Waals surface area contributed by atoms with Crippen molar-refractivity contribution in [2.24, 2.45) is 5.41 Å². The summed E-state index contributed by atoms with van der Waals surface area (Å²) in [6, 6.07) is 0. The van der Waals surface area contributed by atoms with Gasteiger partial charge in [-0.3, -0.25) is 9.59 Å². The molecule has 0 radical (unpaired) electrons. The highest BCUT2D eigenvalue weighted by molar-refractivity contribution is 6.53. The summed E-state index contributed by atoms with van der Waals surface area (Å²) in [5.74, 6) is 0.0597. The van der Waals surface area contributed by atoms with Crippen molar-refractivity contribution in [2.75, 3.05) is 26.2 Å². The topological polar surface area (TPSA) is 40.6 Å². The molecule has 1 atom stereocenters. The van der Waals surface area contributed by atoms with Gasteiger partial charge in [-0.15, -0.1) is 23.2 Å². The molecule has 0 aromatic rings. The lowest BCUT2D eigenvalue weighted by Crippen LogP contribution is -2.52. The van der Waals surface area contributed by atoms with Crippen molar-refractivity contribution in [1.29, 1.82) is 0 Å². The third kappa shape index (κ3) is 2.13. The molecule has 96 valence electrons. The van der Waals surface area contributed by atoms with Crippen LogP contribution >= 0.6 is 23.2 Å². The molecule has 0 aromatic heterocycles. The monoisotopic (exact) mass is 278 g/mol. The van der Waals surface area contributed by atoms with Gasteiger partial charge in [-0.05, 0) is 13.3 Å². The van der Waals surface area contributed by atoms with Gasteiger partial charge < -0.3 is 9.80 Å². The second-order valence-corrected chi connectivity index (χ2v) is 6.50. The van der Waals surface area contributed by atoms with Gasteiger partial charge in [-0.25, -0.2) is 0 Å². The number of rotatable bonds is 1. The number of halogens is 2. The average Bonchev–Trinajstić information content (AvgIpc) is 2.78. The number of carbonyl (C=O) groups excluding carboxylic acids is 2. The Morgan fingerprint density at radius 1 is 1.06 bits per heavy atom. The minimum Gasteiger partial charge on any atom is -0.339 e. The SMILES string of the molecule is CC(=O)N1CCN(C(=O)[C@]2(C)CC2(Cl)Cl)CC1. The molecular weight excluding hydrogens is 263 g/mol. The predicted molar refractivity (Wildman–Crippen MR) is 66.0 cm³/mol. The van der Waals surface area contributed by atoms with E-state index in [2.05, 4.69) is 0 Å². The fourth-order valence-electron chi connectivity index (χ4n) is 2.21. The second-order valence-electron chi connectivity index (χ2n) is 5.01. The highest BCUT2D eigenvalue weighted by Crippen LogP contribution is 2.64. The van der Waals surface area contributed by atoms with Crippen molar-refractivity contribution in [3.05, 3.63) is 0 Å². The van der Waals surface area contributed by atoms with E-state index in [0.29, 0.717) is 32.6 Å². The molecule has 1 heterocycles. The maximum atomic E-state index is 12.2. The van der Waals surface area contributed by atoms with Crippen LogP contribution in [0.3, 0.4) is 0 Å². The molecule has 1 saturated carbocycles. The van der Waals surface area contributed by atoms with Gasteiger partial charge in [0.15, 0.2) is 0 Å². The van der Waals surface area contributed by atoms with E-state index >= 15 is 0 Å². The summed E-state index contributed by atoms with van der Waals surface area (Å²) in [6.07, 6.45) is 0.509. The number of nitrogens with zero attached hydrogens (tertiary/aromatic N) is 2. The van der Waals surface area contributed by atoms with Crippen LogP contribution < -0.4 is 0 Å². The Bertz CT molecular complexity index is 364. The fourth-order valence-corrected chi connectivity index (χ4v) is 2.90. The summed E-state index contributed by atoms with van der Waals surface area (Å²) in [6.45, 7) is 5.66. The fraction of sp³-hybridized carbons (Fsp3) is 0.818. The molecule has 4 nitrogen and oxygen atoms in total. The first-order valence-corrected chi connectivity index (χ1v) is 6.46. The van der Waals surface area contributed by atoms with Crippen LogP contribution in [0, 0.1) is 5.41 Å². The van der Waals surface area contributed by atoms with Crippen molar-refractivity contribution in [3.63, 3.8) is 0 Å². The van der Waals surface area contributed by atoms with Crippen LogP contribution in [0.15, 0.2) is 0 Å². The number of alkyl halides is 2. The molecule has 2 aliphatic rings. The number of hydrogen-bond acceptors (Lipinski definition) is 2. The van der Waals surface area contributed by atoms with Gasteiger partial charge in [0.25, 0.3) is 0 Å². The van der Waals surface area contributed by atoms with Crippen molar-refractivity contribution in [1.82, 2.24) is 9.80 Å². The second kappa shape index (κ2) is 4.02. The Morgan fingerprint density at radius 3 is 1.82 bits per heavy atom. The van der Waals surface area contributed by atoms with Crippen LogP contribution in [0.1, 0.15) is 20.3 Å². The van der Waals surface area contributed by atoms with Crippen molar-refractivity contribution in [2.45, 2.75) is 24.6 Å². The van der Waals surface area contributed by atoms with Gasteiger partial charge in [0.2, 0.25) is 11.8 Å². The molecule has 0 N–H and O–H groups in total. The molecule has 2 fully saturated rings. The molecule has 0 spiro atoms. The smallest absolute Gasteiger partial charge is 0.231 e. The lowest BCUT2D eigenvalue weighted by molar-refractivity contribution is -0.142. The van der Waals surface area contributed by atoms with Crippen molar-refractivity contribution in [3.8, 4) is 0 Å². The zero-order valence-electron chi connectivity index (χ0n) is 10.0. The van der Waals surface area contributed by atoms with E-state index in [1.54, 1.807) is 23.6 Å². The van der Waals surface area contributed by atoms with E-state index in [-0.39, 0.29) is 11.8 Å². The largest absolute Gasteiger partial charge is 0.339 e. The quantitative estimate of drug-likeness (QED) is 0.678. The molecule has 1 saturated heterocycles. The Balaban J connectivity index is 1.94. The first kappa shape index (κ1) is 13.0. The van der Waals surface area contributed by atoms with Crippen molar-refractivity contribution < 1.29 is 9.59 Å². The van der Waals surface area contributed by atoms with Gasteiger partial charge in [-0.1, -0.05) is 0 Å². The Hall–Kier alpha value is -0.480. The minimum absolute atomic E-state index is 0.00528. The molecule has 2 rings (SSSR count). The van der Waals surface area contributed by atoms with Crippen LogP contribution in [0.4, 0.5) is 0 Å². The standard InChI is InChI=1S/C11H16Cl2N2O2/c1-8(16)14-3-5-15(6-4-14)9(17)10(2)7-11(10,12)13/h3-7H2,1-2H3/t10-/m0/s1. The van der Waals surface area contributed by atoms with E-state index in [4.69, 9.17) is 23.2 Å². The molecule has 6 heteroatoms. The van der Waals surface area contributed by atoms with Gasteiger partial charge in [0.05, 0.1) is 5.41 Å². The van der Waals surface area contributed by atoms with E-state index in [0.717, 1.165) is 0 Å². The summed E-state index contributed by atoms with van der Waals surface area (Å²) in [4.78, 5) is 26.9. The van der Waals surface area contributed by atoms with Gasteiger partial charge in [0, 0.05) is 33.1 Å². The van der Waals surface area contributed by atoms with Crippen molar-refractivity contribution >= 4 is 35.0 Å². The number of hydrogen-bond donors (Lipinski definition) is 0. The van der Waals surface area contributed by atoms with E-state index in [9.17, 15) is 9.59 Å².